The van der Waals surface area contributed by atoms with Crippen LogP contribution in [0.2, 0.25) is 0 Å². The Kier molecular flexibility index (Phi) is 4.10. The van der Waals surface area contributed by atoms with Crippen LogP contribution in [0.3, 0.4) is 0 Å². The van der Waals surface area contributed by atoms with Crippen LogP contribution >= 0.6 is 15.0 Å². The summed E-state index contributed by atoms with van der Waals surface area (Å²) in [5.41, 5.74) is 0. The van der Waals surface area contributed by atoms with Crippen LogP contribution in [-0.2, 0) is 15.6 Å². The molecule has 9 nitrogen and oxygen atoms in total. The number of nitrogens with zero attached hydrogens (tertiary/aromatic N) is 4. The van der Waals surface area contributed by atoms with Gasteiger partial charge in [0.2, 0.25) is 0 Å². The molecule has 1 atom stereocenters. The normalized spacial score (nSPS) is 18.9. The second-order valence-electron chi connectivity index (χ2n) is 4.50. The molecule has 1 rings (SSSR count). The van der Waals surface area contributed by atoms with Gasteiger partial charge in [0.25, 0.3) is 12.5 Å². The van der Waals surface area contributed by atoms with Crippen LogP contribution in [-0.4, -0.2) is 67.1 Å². The van der Waals surface area contributed by atoms with Crippen LogP contribution in [0.15, 0.2) is 18.7 Å². The van der Waals surface area contributed by atoms with Gasteiger partial charge < -0.3 is 19.5 Å². The first-order valence-electron chi connectivity index (χ1n) is 6.46. The van der Waals surface area contributed by atoms with Crippen LogP contribution in [0.1, 0.15) is 2.74 Å². The summed E-state index contributed by atoms with van der Waals surface area (Å²) in [6, 6.07) is 0. The molecule has 0 aliphatic rings. The van der Waals surface area contributed by atoms with Gasteiger partial charge >= 0.3 is 7.60 Å². The maximum Gasteiger partial charge on any atom is 0.369 e. The second kappa shape index (κ2) is 5.69. The van der Waals surface area contributed by atoms with Gasteiger partial charge in [0.15, 0.2) is 0 Å². The first-order chi connectivity index (χ1) is 9.74. The van der Waals surface area contributed by atoms with E-state index in [-0.39, 0.29) is 0 Å². The van der Waals surface area contributed by atoms with Crippen molar-refractivity contribution in [3.63, 3.8) is 0 Å². The molecule has 0 bridgehead atoms. The molecule has 3 N–H and O–H groups in total. The fraction of sp³-hybridized carbons (Fsp3) is 0.667. The van der Waals surface area contributed by atoms with E-state index in [0.717, 1.165) is 21.9 Å². The van der Waals surface area contributed by atoms with E-state index < -0.39 is 26.6 Å². The van der Waals surface area contributed by atoms with Crippen molar-refractivity contribution in [3.05, 3.63) is 18.7 Å². The van der Waals surface area contributed by atoms with E-state index in [2.05, 4.69) is 4.98 Å². The Hall–Kier alpha value is -0.530. The van der Waals surface area contributed by atoms with Crippen LogP contribution in [0.5, 0.6) is 0 Å². The zero-order chi connectivity index (χ0) is 17.6. The van der Waals surface area contributed by atoms with Crippen molar-refractivity contribution in [1.29, 1.82) is 0 Å². The van der Waals surface area contributed by atoms with Gasteiger partial charge in [-0.2, -0.15) is 0 Å². The summed E-state index contributed by atoms with van der Waals surface area (Å²) in [6.07, 6.45) is 3.20. The molecule has 1 aromatic rings. The zero-order valence-corrected chi connectivity index (χ0v) is 13.4. The Morgan fingerprint density at radius 1 is 1.30 bits per heavy atom. The summed E-state index contributed by atoms with van der Waals surface area (Å²) in [5, 5.41) is 7.26. The van der Waals surface area contributed by atoms with Gasteiger partial charge in [-0.15, -0.1) is 0 Å². The number of rotatable bonds is 6. The average molecular weight is 328 g/mol. The molecule has 1 aromatic heterocycles. The van der Waals surface area contributed by atoms with Crippen molar-refractivity contribution in [1.82, 2.24) is 18.9 Å². The van der Waals surface area contributed by atoms with E-state index in [1.54, 1.807) is 0 Å². The standard InChI is InChI=1S/C9H20N4O5P2/c1-11(2)19(15,12(3)4)9(14,20(16,17)18)7-13-6-5-10-8-13/h5-6,8,14H,7H2,1-4H3,(H2,16,17,18)/i7D2. The predicted molar refractivity (Wildman–Crippen MR) is 74.2 cm³/mol. The topological polar surface area (TPSA) is 119 Å². The third kappa shape index (κ3) is 2.76. The average Bonchev–Trinajstić information content (AvgIpc) is 2.88. The van der Waals surface area contributed by atoms with Crippen LogP contribution in [0.25, 0.3) is 0 Å². The van der Waals surface area contributed by atoms with E-state index in [4.69, 9.17) is 2.74 Å². The number of imidazole rings is 1. The Bertz CT molecular complexity index is 606. The van der Waals surface area contributed by atoms with Crippen molar-refractivity contribution in [3.8, 4) is 0 Å². The van der Waals surface area contributed by atoms with Crippen LogP contribution in [0, 0.1) is 0 Å². The van der Waals surface area contributed by atoms with Crippen molar-refractivity contribution in [2.45, 2.75) is 11.6 Å². The fourth-order valence-corrected chi connectivity index (χ4v) is 6.47. The van der Waals surface area contributed by atoms with Crippen LogP contribution < -0.4 is 0 Å². The summed E-state index contributed by atoms with van der Waals surface area (Å²) in [5.74, 6) is 0. The maximum absolute atomic E-state index is 13.3. The van der Waals surface area contributed by atoms with Crippen LogP contribution in [0.4, 0.5) is 0 Å². The highest BCUT2D eigenvalue weighted by Crippen LogP contribution is 2.73. The van der Waals surface area contributed by atoms with Gasteiger partial charge in [-0.25, -0.2) is 14.3 Å². The lowest BCUT2D eigenvalue weighted by molar-refractivity contribution is 0.128. The quantitative estimate of drug-likeness (QED) is 0.626. The van der Waals surface area contributed by atoms with E-state index >= 15 is 0 Å². The molecule has 0 amide bonds. The molecule has 0 saturated heterocycles. The predicted octanol–water partition coefficient (Wildman–Crippen LogP) is 0.0232. The van der Waals surface area contributed by atoms with E-state index in [0.29, 0.717) is 4.57 Å². The lowest BCUT2D eigenvalue weighted by Crippen LogP contribution is -2.43. The van der Waals surface area contributed by atoms with Gasteiger partial charge in [0, 0.05) is 12.4 Å². The Labute approximate surface area is 120 Å². The number of hydrogen-bond acceptors (Lipinski definition) is 4. The van der Waals surface area contributed by atoms with Gasteiger partial charge in [-0.1, -0.05) is 0 Å². The molecule has 0 aromatic carbocycles. The molecule has 1 unspecified atom stereocenters. The van der Waals surface area contributed by atoms with Gasteiger partial charge in [-0.3, -0.25) is 9.13 Å². The molecule has 0 radical (unpaired) electrons. The molecule has 0 fully saturated rings. The Balaban J connectivity index is 3.81. The summed E-state index contributed by atoms with van der Waals surface area (Å²) >= 11 is 0. The fourth-order valence-electron chi connectivity index (χ4n) is 1.71. The van der Waals surface area contributed by atoms with Crippen molar-refractivity contribution >= 4 is 15.0 Å². The largest absolute Gasteiger partial charge is 0.369 e. The lowest BCUT2D eigenvalue weighted by Gasteiger charge is -2.42. The Morgan fingerprint density at radius 3 is 2.10 bits per heavy atom. The van der Waals surface area contributed by atoms with Gasteiger partial charge in [-0.05, 0) is 28.2 Å². The minimum Gasteiger partial charge on any atom is -0.368 e. The first-order valence-corrected chi connectivity index (χ1v) is 8.69. The van der Waals surface area contributed by atoms with Gasteiger partial charge in [0.1, 0.15) is 0 Å². The number of aliphatic hydroxyl groups is 1. The smallest absolute Gasteiger partial charge is 0.368 e. The molecule has 0 aliphatic carbocycles. The van der Waals surface area contributed by atoms with Crippen molar-refractivity contribution in [2.75, 3.05) is 28.2 Å². The molecule has 1 heterocycles. The maximum atomic E-state index is 13.3. The third-order valence-corrected chi connectivity index (χ3v) is 8.24. The molecular formula is C9H20N4O5P2. The highest BCUT2D eigenvalue weighted by Gasteiger charge is 2.62. The van der Waals surface area contributed by atoms with Crippen molar-refractivity contribution in [2.24, 2.45) is 0 Å². The third-order valence-electron chi connectivity index (χ3n) is 2.68. The summed E-state index contributed by atoms with van der Waals surface area (Å²) in [7, 11) is -5.06. The summed E-state index contributed by atoms with van der Waals surface area (Å²) in [6.45, 7) is -3.09. The molecule has 116 valence electrons. The summed E-state index contributed by atoms with van der Waals surface area (Å²) in [4.78, 5) is 22.9. The first kappa shape index (κ1) is 14.4. The minimum atomic E-state index is -5.59. The summed E-state index contributed by atoms with van der Waals surface area (Å²) < 4.78 is 43.9. The number of hydrogen-bond donors (Lipinski definition) is 3. The molecule has 20 heavy (non-hydrogen) atoms. The number of aromatic nitrogens is 2. The second-order valence-corrected chi connectivity index (χ2v) is 9.92. The molecular weight excluding hydrogens is 306 g/mol. The van der Waals surface area contributed by atoms with Crippen molar-refractivity contribution < 1.29 is 26.8 Å². The molecule has 11 heteroatoms. The zero-order valence-electron chi connectivity index (χ0n) is 13.6. The Morgan fingerprint density at radius 2 is 1.80 bits per heavy atom. The van der Waals surface area contributed by atoms with E-state index in [9.17, 15) is 24.0 Å². The van der Waals surface area contributed by atoms with E-state index in [1.165, 1.54) is 34.4 Å². The monoisotopic (exact) mass is 328 g/mol. The molecule has 0 aliphatic heterocycles. The SMILES string of the molecule is [2H]C([2H])(n1ccnc1)C(O)(P(=O)(O)O)P(=O)(N(C)C)N(C)C. The highest BCUT2D eigenvalue weighted by molar-refractivity contribution is 7.75. The lowest BCUT2D eigenvalue weighted by atomic mass is 10.6. The molecule has 0 saturated carbocycles. The van der Waals surface area contributed by atoms with Gasteiger partial charge in [0.05, 0.1) is 15.6 Å². The highest BCUT2D eigenvalue weighted by atomic mass is 31.2. The van der Waals surface area contributed by atoms with E-state index in [1.807, 2.05) is 0 Å². The molecule has 0 spiro atoms. The minimum absolute atomic E-state index is 0.672.